The van der Waals surface area contributed by atoms with E-state index in [4.69, 9.17) is 14.5 Å². The average molecular weight is 601 g/mol. The summed E-state index contributed by atoms with van der Waals surface area (Å²) < 4.78 is 10.6. The normalized spacial score (nSPS) is 10.7. The fourth-order valence-corrected chi connectivity index (χ4v) is 5.39. The van der Waals surface area contributed by atoms with E-state index in [1.807, 2.05) is 48.5 Å². The first-order valence-corrected chi connectivity index (χ1v) is 14.5. The Labute approximate surface area is 249 Å². The highest BCUT2D eigenvalue weighted by Crippen LogP contribution is 2.32. The van der Waals surface area contributed by atoms with Crippen molar-refractivity contribution in [1.82, 2.24) is 20.2 Å². The van der Waals surface area contributed by atoms with Crippen LogP contribution in [0.5, 0.6) is 11.5 Å². The van der Waals surface area contributed by atoms with Gasteiger partial charge >= 0.3 is 0 Å². The summed E-state index contributed by atoms with van der Waals surface area (Å²) in [7, 11) is 3.22. The van der Waals surface area contributed by atoms with Crippen LogP contribution in [-0.2, 0) is 4.79 Å². The number of carbonyl (C=O) groups is 1. The van der Waals surface area contributed by atoms with Crippen LogP contribution in [0.25, 0.3) is 33.8 Å². The molecule has 212 valence electrons. The Kier molecular flexibility index (Phi) is 8.99. The van der Waals surface area contributed by atoms with E-state index in [1.54, 1.807) is 31.7 Å². The van der Waals surface area contributed by atoms with Gasteiger partial charge in [-0.05, 0) is 48.5 Å². The lowest BCUT2D eigenvalue weighted by Crippen LogP contribution is -2.12. The molecule has 0 bridgehead atoms. The van der Waals surface area contributed by atoms with Crippen LogP contribution in [0.3, 0.4) is 0 Å². The molecule has 2 aromatic heterocycles. The molecule has 5 rings (SSSR count). The molecule has 1 N–H and O–H groups in total. The molecule has 2 heterocycles. The molecule has 0 saturated heterocycles. The van der Waals surface area contributed by atoms with Gasteiger partial charge < -0.3 is 14.8 Å². The van der Waals surface area contributed by atoms with Crippen molar-refractivity contribution in [3.8, 4) is 45.3 Å². The number of nitro groups is 1. The maximum atomic E-state index is 12.6. The molecule has 0 aliphatic heterocycles. The van der Waals surface area contributed by atoms with E-state index in [2.05, 4.69) is 20.5 Å². The summed E-state index contributed by atoms with van der Waals surface area (Å²) in [6.07, 6.45) is 0.192. The number of nitrogens with one attached hydrogen (secondary N) is 1. The Balaban J connectivity index is 1.26. The zero-order chi connectivity index (χ0) is 29.5. The van der Waals surface area contributed by atoms with E-state index in [9.17, 15) is 14.9 Å². The number of methoxy groups -OCH3 is 2. The van der Waals surface area contributed by atoms with Gasteiger partial charge in [-0.2, -0.15) is 0 Å². The van der Waals surface area contributed by atoms with Crippen LogP contribution in [0.4, 0.5) is 10.8 Å². The third-order valence-electron chi connectivity index (χ3n) is 6.06. The van der Waals surface area contributed by atoms with Gasteiger partial charge in [0.25, 0.3) is 5.69 Å². The predicted octanol–water partition coefficient (Wildman–Crippen LogP) is 6.38. The second kappa shape index (κ2) is 13.2. The van der Waals surface area contributed by atoms with E-state index < -0.39 is 4.92 Å². The molecule has 1 amide bonds. The Morgan fingerprint density at radius 1 is 0.905 bits per heavy atom. The summed E-state index contributed by atoms with van der Waals surface area (Å²) in [5.74, 6) is 1.65. The molecule has 0 spiro atoms. The van der Waals surface area contributed by atoms with Gasteiger partial charge in [0.2, 0.25) is 11.1 Å². The highest BCUT2D eigenvalue weighted by atomic mass is 32.2. The highest BCUT2D eigenvalue weighted by Gasteiger charge is 2.16. The summed E-state index contributed by atoms with van der Waals surface area (Å²) >= 11 is 2.57. The number of carbonyl (C=O) groups excluding carboxylic acids is 1. The Morgan fingerprint density at radius 3 is 2.21 bits per heavy atom. The fourth-order valence-electron chi connectivity index (χ4n) is 3.93. The molecule has 0 unspecified atom stereocenters. The number of benzene rings is 3. The smallest absolute Gasteiger partial charge is 0.270 e. The lowest BCUT2D eigenvalue weighted by atomic mass is 10.0. The largest absolute Gasteiger partial charge is 0.497 e. The third kappa shape index (κ3) is 6.87. The minimum atomic E-state index is -0.456. The van der Waals surface area contributed by atoms with Gasteiger partial charge in [-0.3, -0.25) is 14.9 Å². The summed E-state index contributed by atoms with van der Waals surface area (Å²) in [5.41, 5.74) is 4.09. The Hall–Kier alpha value is -4.88. The number of ether oxygens (including phenoxy) is 2. The second-order valence-electron chi connectivity index (χ2n) is 8.74. The van der Waals surface area contributed by atoms with Crippen molar-refractivity contribution >= 4 is 39.8 Å². The van der Waals surface area contributed by atoms with E-state index in [1.165, 1.54) is 35.2 Å². The van der Waals surface area contributed by atoms with E-state index >= 15 is 0 Å². The summed E-state index contributed by atoms with van der Waals surface area (Å²) in [5, 5.41) is 25.2. The fraction of sp³-hybridized carbons (Fsp3) is 0.138. The summed E-state index contributed by atoms with van der Waals surface area (Å²) in [4.78, 5) is 32.4. The van der Waals surface area contributed by atoms with Crippen molar-refractivity contribution in [2.75, 3.05) is 25.3 Å². The number of amides is 1. The van der Waals surface area contributed by atoms with Crippen molar-refractivity contribution < 1.29 is 19.2 Å². The molecule has 0 aliphatic rings. The molecular formula is C29H24N6O5S2. The van der Waals surface area contributed by atoms with E-state index in [0.29, 0.717) is 38.7 Å². The van der Waals surface area contributed by atoms with Crippen LogP contribution in [0.2, 0.25) is 0 Å². The van der Waals surface area contributed by atoms with Gasteiger partial charge in [-0.25, -0.2) is 9.97 Å². The number of hydrogen-bond acceptors (Lipinski definition) is 11. The summed E-state index contributed by atoms with van der Waals surface area (Å²) in [6, 6.07) is 21.2. The van der Waals surface area contributed by atoms with Gasteiger partial charge in [0.15, 0.2) is 5.13 Å². The monoisotopic (exact) mass is 600 g/mol. The lowest BCUT2D eigenvalue weighted by Gasteiger charge is -2.10. The number of nitrogens with zero attached hydrogens (tertiary/aromatic N) is 5. The molecule has 42 heavy (non-hydrogen) atoms. The van der Waals surface area contributed by atoms with Crippen LogP contribution < -0.4 is 14.8 Å². The molecule has 0 saturated carbocycles. The van der Waals surface area contributed by atoms with Crippen molar-refractivity contribution in [1.29, 1.82) is 0 Å². The van der Waals surface area contributed by atoms with Crippen LogP contribution in [0.1, 0.15) is 6.42 Å². The molecule has 0 radical (unpaired) electrons. The first-order chi connectivity index (χ1) is 20.4. The first kappa shape index (κ1) is 28.6. The molecule has 0 aliphatic carbocycles. The van der Waals surface area contributed by atoms with Gasteiger partial charge in [0.05, 0.1) is 24.8 Å². The molecule has 11 nitrogen and oxygen atoms in total. The zero-order valence-corrected chi connectivity index (χ0v) is 24.1. The topological polar surface area (TPSA) is 142 Å². The van der Waals surface area contributed by atoms with Crippen molar-refractivity contribution in [2.45, 2.75) is 11.6 Å². The third-order valence-corrected chi connectivity index (χ3v) is 7.65. The zero-order valence-electron chi connectivity index (χ0n) is 22.5. The molecule has 0 atom stereocenters. The number of nitro benzene ring substituents is 1. The standard InChI is InChI=1S/C29H24N6O5S2/c1-39-22-10-6-18(7-11-22)26-27(19-8-12-23(40-2)13-9-19)33-34-29(32-26)41-15-14-25(36)31-28-30-24(17-42-28)20-4-3-5-21(16-20)35(37)38/h3-13,16-17H,14-15H2,1-2H3,(H,30,31,36). The number of aromatic nitrogens is 4. The number of non-ortho nitro benzene ring substituents is 1. The predicted molar refractivity (Wildman–Crippen MR) is 162 cm³/mol. The van der Waals surface area contributed by atoms with Gasteiger partial charge in [-0.15, -0.1) is 21.5 Å². The van der Waals surface area contributed by atoms with E-state index in [-0.39, 0.29) is 18.0 Å². The molecule has 5 aromatic rings. The van der Waals surface area contributed by atoms with Gasteiger partial charge in [-0.1, -0.05) is 23.9 Å². The molecule has 13 heteroatoms. The van der Waals surface area contributed by atoms with Crippen LogP contribution in [0.15, 0.2) is 83.3 Å². The van der Waals surface area contributed by atoms with Crippen molar-refractivity contribution in [2.24, 2.45) is 0 Å². The SMILES string of the molecule is COc1ccc(-c2nnc(SCCC(=O)Nc3nc(-c4cccc([N+](=O)[O-])c4)cs3)nc2-c2ccc(OC)cc2)cc1. The number of thioether (sulfide) groups is 1. The van der Waals surface area contributed by atoms with Gasteiger partial charge in [0, 0.05) is 46.4 Å². The van der Waals surface area contributed by atoms with E-state index in [0.717, 1.165) is 22.6 Å². The van der Waals surface area contributed by atoms with Crippen molar-refractivity contribution in [3.63, 3.8) is 0 Å². The Bertz CT molecular complexity index is 1710. The van der Waals surface area contributed by atoms with Crippen LogP contribution in [-0.4, -0.2) is 51.0 Å². The van der Waals surface area contributed by atoms with Gasteiger partial charge in [0.1, 0.15) is 22.9 Å². The minimum Gasteiger partial charge on any atom is -0.497 e. The number of rotatable bonds is 11. The van der Waals surface area contributed by atoms with Crippen molar-refractivity contribution in [3.05, 3.63) is 88.3 Å². The maximum Gasteiger partial charge on any atom is 0.270 e. The average Bonchev–Trinajstić information content (AvgIpc) is 3.49. The quantitative estimate of drug-likeness (QED) is 0.103. The Morgan fingerprint density at radius 2 is 1.57 bits per heavy atom. The molecule has 0 fully saturated rings. The minimum absolute atomic E-state index is 0.0213. The maximum absolute atomic E-state index is 12.6. The van der Waals surface area contributed by atoms with Crippen LogP contribution in [0, 0.1) is 10.1 Å². The molecular weight excluding hydrogens is 576 g/mol. The lowest BCUT2D eigenvalue weighted by molar-refractivity contribution is -0.384. The number of hydrogen-bond donors (Lipinski definition) is 1. The highest BCUT2D eigenvalue weighted by molar-refractivity contribution is 7.99. The second-order valence-corrected chi connectivity index (χ2v) is 10.7. The first-order valence-electron chi connectivity index (χ1n) is 12.6. The van der Waals surface area contributed by atoms with Crippen LogP contribution >= 0.6 is 23.1 Å². The summed E-state index contributed by atoms with van der Waals surface area (Å²) in [6.45, 7) is 0. The number of anilines is 1. The molecule has 3 aromatic carbocycles. The number of thiazole rings is 1.